The summed E-state index contributed by atoms with van der Waals surface area (Å²) in [7, 11) is 0. The molecule has 0 saturated carbocycles. The molecule has 0 unspecified atom stereocenters. The first kappa shape index (κ1) is 15.1. The van der Waals surface area contributed by atoms with Gasteiger partial charge in [-0.1, -0.05) is 41.5 Å². The third-order valence-corrected chi connectivity index (χ3v) is 3.90. The molecule has 0 aliphatic rings. The molecule has 0 saturated heterocycles. The fourth-order valence-corrected chi connectivity index (χ4v) is 2.47. The Morgan fingerprint density at radius 3 is 2.40 bits per heavy atom. The van der Waals surface area contributed by atoms with Gasteiger partial charge in [0, 0.05) is 16.3 Å². The molecule has 0 spiro atoms. The highest BCUT2D eigenvalue weighted by molar-refractivity contribution is 7.80. The predicted octanol–water partition coefficient (Wildman–Crippen LogP) is 4.99. The van der Waals surface area contributed by atoms with Crippen LogP contribution in [0.25, 0.3) is 0 Å². The number of nitrogens with two attached hydrogens (primary N) is 1. The molecule has 2 aromatic rings. The minimum Gasteiger partial charge on any atom is -0.389 e. The van der Waals surface area contributed by atoms with Crippen LogP contribution < -0.4 is 11.1 Å². The van der Waals surface area contributed by atoms with Gasteiger partial charge in [0.15, 0.2) is 0 Å². The van der Waals surface area contributed by atoms with Crippen molar-refractivity contribution < 1.29 is 0 Å². The Morgan fingerprint density at radius 1 is 1.05 bits per heavy atom. The number of hydrogen-bond acceptors (Lipinski definition) is 2. The first-order chi connectivity index (χ1) is 9.38. The van der Waals surface area contributed by atoms with Gasteiger partial charge < -0.3 is 11.1 Å². The van der Waals surface area contributed by atoms with Crippen molar-refractivity contribution in [1.29, 1.82) is 0 Å². The number of rotatable bonds is 3. The Morgan fingerprint density at radius 2 is 1.75 bits per heavy atom. The normalized spacial score (nSPS) is 10.4. The second-order valence-corrected chi connectivity index (χ2v) is 5.87. The second kappa shape index (κ2) is 6.00. The number of aryl methyl sites for hydroxylation is 2. The molecule has 2 aromatic carbocycles. The standard InChI is InChI=1S/C15H14Cl2N2S/c1-8-3-4-10(15(18)20)13(5-8)19-14-7-11(16)9(2)6-12(14)17/h3-7,19H,1-2H3,(H2,18,20). The molecule has 0 atom stereocenters. The van der Waals surface area contributed by atoms with Gasteiger partial charge in [-0.25, -0.2) is 0 Å². The van der Waals surface area contributed by atoms with E-state index in [4.69, 9.17) is 41.2 Å². The molecule has 0 aliphatic carbocycles. The van der Waals surface area contributed by atoms with Gasteiger partial charge >= 0.3 is 0 Å². The summed E-state index contributed by atoms with van der Waals surface area (Å²) in [5, 5.41) is 4.50. The lowest BCUT2D eigenvalue weighted by Crippen LogP contribution is -2.12. The monoisotopic (exact) mass is 324 g/mol. The molecule has 0 aromatic heterocycles. The molecule has 0 aliphatic heterocycles. The molecule has 0 bridgehead atoms. The minimum absolute atomic E-state index is 0.335. The molecule has 0 heterocycles. The predicted molar refractivity (Wildman–Crippen MR) is 91.5 cm³/mol. The van der Waals surface area contributed by atoms with Crippen LogP contribution in [0.4, 0.5) is 11.4 Å². The summed E-state index contributed by atoms with van der Waals surface area (Å²) in [5.41, 5.74) is 10.1. The Kier molecular flexibility index (Phi) is 4.53. The molecule has 2 nitrogen and oxygen atoms in total. The zero-order valence-corrected chi connectivity index (χ0v) is 13.5. The van der Waals surface area contributed by atoms with Gasteiger partial charge in [0.05, 0.1) is 10.7 Å². The largest absolute Gasteiger partial charge is 0.389 e. The van der Waals surface area contributed by atoms with Gasteiger partial charge in [-0.15, -0.1) is 0 Å². The average molecular weight is 325 g/mol. The maximum absolute atomic E-state index is 6.24. The van der Waals surface area contributed by atoms with Crippen molar-refractivity contribution in [1.82, 2.24) is 0 Å². The maximum Gasteiger partial charge on any atom is 0.106 e. The lowest BCUT2D eigenvalue weighted by molar-refractivity contribution is 1.42. The molecule has 20 heavy (non-hydrogen) atoms. The van der Waals surface area contributed by atoms with Gasteiger partial charge in [0.25, 0.3) is 0 Å². The highest BCUT2D eigenvalue weighted by Crippen LogP contribution is 2.32. The van der Waals surface area contributed by atoms with Crippen molar-refractivity contribution in [3.63, 3.8) is 0 Å². The van der Waals surface area contributed by atoms with Crippen molar-refractivity contribution >= 4 is 51.8 Å². The van der Waals surface area contributed by atoms with Crippen LogP contribution in [0.5, 0.6) is 0 Å². The number of benzene rings is 2. The maximum atomic E-state index is 6.24. The number of anilines is 2. The Hall–Kier alpha value is -1.29. The Labute approximate surface area is 133 Å². The lowest BCUT2D eigenvalue weighted by atomic mass is 10.1. The van der Waals surface area contributed by atoms with Gasteiger partial charge in [-0.05, 0) is 49.2 Å². The molecule has 3 N–H and O–H groups in total. The van der Waals surface area contributed by atoms with Crippen molar-refractivity contribution in [3.05, 3.63) is 57.1 Å². The summed E-state index contributed by atoms with van der Waals surface area (Å²) in [6.45, 7) is 3.91. The number of thiocarbonyl (C=S) groups is 1. The van der Waals surface area contributed by atoms with Gasteiger partial charge in [0.2, 0.25) is 0 Å². The van der Waals surface area contributed by atoms with Crippen LogP contribution in [0.3, 0.4) is 0 Å². The van der Waals surface area contributed by atoms with E-state index in [2.05, 4.69) is 5.32 Å². The van der Waals surface area contributed by atoms with Crippen LogP contribution in [-0.2, 0) is 0 Å². The van der Waals surface area contributed by atoms with Crippen LogP contribution >= 0.6 is 35.4 Å². The number of halogens is 2. The fourth-order valence-electron chi connectivity index (χ4n) is 1.86. The molecular formula is C15H14Cl2N2S. The lowest BCUT2D eigenvalue weighted by Gasteiger charge is -2.14. The van der Waals surface area contributed by atoms with Crippen LogP contribution in [0.15, 0.2) is 30.3 Å². The van der Waals surface area contributed by atoms with Crippen LogP contribution in [0, 0.1) is 13.8 Å². The smallest absolute Gasteiger partial charge is 0.106 e. The van der Waals surface area contributed by atoms with Crippen LogP contribution in [0.2, 0.25) is 10.0 Å². The van der Waals surface area contributed by atoms with Gasteiger partial charge in [-0.2, -0.15) is 0 Å². The van der Waals surface area contributed by atoms with Crippen molar-refractivity contribution in [2.75, 3.05) is 5.32 Å². The van der Waals surface area contributed by atoms with E-state index in [-0.39, 0.29) is 0 Å². The number of hydrogen-bond donors (Lipinski definition) is 2. The van der Waals surface area contributed by atoms with E-state index in [0.717, 1.165) is 28.1 Å². The topological polar surface area (TPSA) is 38.0 Å². The van der Waals surface area contributed by atoms with Crippen LogP contribution in [0.1, 0.15) is 16.7 Å². The van der Waals surface area contributed by atoms with Gasteiger partial charge in [0.1, 0.15) is 4.99 Å². The highest BCUT2D eigenvalue weighted by Gasteiger charge is 2.09. The first-order valence-corrected chi connectivity index (χ1v) is 7.18. The summed E-state index contributed by atoms with van der Waals surface area (Å²) in [6.07, 6.45) is 0. The Balaban J connectivity index is 2.47. The van der Waals surface area contributed by atoms with E-state index in [0.29, 0.717) is 15.0 Å². The Bertz CT molecular complexity index is 684. The molecule has 0 fully saturated rings. The van der Waals surface area contributed by atoms with E-state index < -0.39 is 0 Å². The molecule has 5 heteroatoms. The quantitative estimate of drug-likeness (QED) is 0.781. The molecule has 0 radical (unpaired) electrons. The van der Waals surface area contributed by atoms with E-state index >= 15 is 0 Å². The zero-order valence-electron chi connectivity index (χ0n) is 11.1. The van der Waals surface area contributed by atoms with Gasteiger partial charge in [-0.3, -0.25) is 0 Å². The third-order valence-electron chi connectivity index (χ3n) is 2.96. The van der Waals surface area contributed by atoms with Crippen molar-refractivity contribution in [3.8, 4) is 0 Å². The number of nitrogens with one attached hydrogen (secondary N) is 1. The summed E-state index contributed by atoms with van der Waals surface area (Å²) in [6, 6.07) is 9.44. The molecule has 104 valence electrons. The molecular weight excluding hydrogens is 311 g/mol. The van der Waals surface area contributed by atoms with E-state index in [1.807, 2.05) is 38.1 Å². The molecule has 0 amide bonds. The second-order valence-electron chi connectivity index (χ2n) is 4.62. The SMILES string of the molecule is Cc1ccc(C(N)=S)c(Nc2cc(Cl)c(C)cc2Cl)c1. The summed E-state index contributed by atoms with van der Waals surface area (Å²) >= 11 is 17.4. The fraction of sp³-hybridized carbons (Fsp3) is 0.133. The summed E-state index contributed by atoms with van der Waals surface area (Å²) in [5.74, 6) is 0. The van der Waals surface area contributed by atoms with Crippen molar-refractivity contribution in [2.45, 2.75) is 13.8 Å². The van der Waals surface area contributed by atoms with E-state index in [9.17, 15) is 0 Å². The third kappa shape index (κ3) is 3.23. The summed E-state index contributed by atoms with van der Waals surface area (Å²) < 4.78 is 0. The highest BCUT2D eigenvalue weighted by atomic mass is 35.5. The molecule has 2 rings (SSSR count). The zero-order chi connectivity index (χ0) is 14.9. The van der Waals surface area contributed by atoms with Crippen LogP contribution in [-0.4, -0.2) is 4.99 Å². The summed E-state index contributed by atoms with van der Waals surface area (Å²) in [4.78, 5) is 0.335. The first-order valence-electron chi connectivity index (χ1n) is 6.01. The van der Waals surface area contributed by atoms with E-state index in [1.54, 1.807) is 6.07 Å². The van der Waals surface area contributed by atoms with E-state index in [1.165, 1.54) is 0 Å². The van der Waals surface area contributed by atoms with Crippen molar-refractivity contribution in [2.24, 2.45) is 5.73 Å². The average Bonchev–Trinajstić information content (AvgIpc) is 2.35. The minimum atomic E-state index is 0.335.